The third-order valence-electron chi connectivity index (χ3n) is 4.71. The van der Waals surface area contributed by atoms with Gasteiger partial charge in [0.05, 0.1) is 17.1 Å². The molecule has 9 heteroatoms. The van der Waals surface area contributed by atoms with Gasteiger partial charge in [-0.3, -0.25) is 14.3 Å². The highest BCUT2D eigenvalue weighted by Crippen LogP contribution is 2.19. The number of hydrogen-bond donors (Lipinski definition) is 1. The zero-order chi connectivity index (χ0) is 21.0. The minimum atomic E-state index is -0.253. The Morgan fingerprint density at radius 2 is 1.90 bits per heavy atom. The summed E-state index contributed by atoms with van der Waals surface area (Å²) in [5.74, 6) is 0.828. The van der Waals surface area contributed by atoms with Crippen molar-refractivity contribution in [2.45, 2.75) is 45.3 Å². The first-order valence-corrected chi connectivity index (χ1v) is 10.6. The summed E-state index contributed by atoms with van der Waals surface area (Å²) in [5.41, 5.74) is 1.49. The maximum Gasteiger partial charge on any atom is 0.295 e. The number of para-hydroxylation sites is 1. The number of nitrogens with one attached hydrogen (secondary N) is 1. The van der Waals surface area contributed by atoms with Crippen molar-refractivity contribution < 1.29 is 4.79 Å². The van der Waals surface area contributed by atoms with Crippen LogP contribution >= 0.6 is 11.8 Å². The van der Waals surface area contributed by atoms with Crippen molar-refractivity contribution in [2.24, 2.45) is 7.05 Å². The standard InChI is InChI=1S/C20H26N6O2S/c1-5-12-25-16(6-2)22-23-20(25)29-13-17(27)21-18-14(3)24(4)26(19(18)28)15-10-8-7-9-11-15/h7-11H,5-6,12-13H2,1-4H3,(H,21,27). The van der Waals surface area contributed by atoms with Crippen LogP contribution in [0.2, 0.25) is 0 Å². The van der Waals surface area contributed by atoms with E-state index in [0.29, 0.717) is 11.4 Å². The lowest BCUT2D eigenvalue weighted by Gasteiger charge is -2.08. The molecule has 0 aliphatic rings. The predicted molar refractivity (Wildman–Crippen MR) is 115 cm³/mol. The van der Waals surface area contributed by atoms with E-state index in [4.69, 9.17) is 0 Å². The summed E-state index contributed by atoms with van der Waals surface area (Å²) >= 11 is 1.33. The van der Waals surface area contributed by atoms with Crippen LogP contribution in [0.4, 0.5) is 5.69 Å². The maximum atomic E-state index is 12.9. The Bertz CT molecular complexity index is 1050. The van der Waals surface area contributed by atoms with Crippen molar-refractivity contribution in [3.05, 3.63) is 52.2 Å². The van der Waals surface area contributed by atoms with Gasteiger partial charge in [-0.15, -0.1) is 10.2 Å². The fraction of sp³-hybridized carbons (Fsp3) is 0.400. The number of benzene rings is 1. The molecule has 0 aliphatic carbocycles. The van der Waals surface area contributed by atoms with Gasteiger partial charge in [0.25, 0.3) is 5.56 Å². The summed E-state index contributed by atoms with van der Waals surface area (Å²) < 4.78 is 5.34. The van der Waals surface area contributed by atoms with E-state index < -0.39 is 0 Å². The van der Waals surface area contributed by atoms with E-state index in [1.807, 2.05) is 48.7 Å². The number of carbonyl (C=O) groups excluding carboxylic acids is 1. The molecular formula is C20H26N6O2S. The number of rotatable bonds is 8. The van der Waals surface area contributed by atoms with Crippen molar-refractivity contribution in [1.82, 2.24) is 24.1 Å². The Labute approximate surface area is 173 Å². The van der Waals surface area contributed by atoms with Gasteiger partial charge < -0.3 is 9.88 Å². The van der Waals surface area contributed by atoms with Crippen LogP contribution in [0.25, 0.3) is 5.69 Å². The van der Waals surface area contributed by atoms with Gasteiger partial charge in [-0.25, -0.2) is 4.68 Å². The molecule has 1 amide bonds. The van der Waals surface area contributed by atoms with E-state index in [9.17, 15) is 9.59 Å². The SMILES string of the molecule is CCCn1c(CC)nnc1SCC(=O)Nc1c(C)n(C)n(-c2ccccc2)c1=O. The second-order valence-corrected chi connectivity index (χ2v) is 7.62. The number of anilines is 1. The van der Waals surface area contributed by atoms with Gasteiger partial charge in [-0.2, -0.15) is 0 Å². The number of hydrogen-bond acceptors (Lipinski definition) is 5. The van der Waals surface area contributed by atoms with Crippen molar-refractivity contribution in [3.8, 4) is 5.69 Å². The van der Waals surface area contributed by atoms with E-state index in [1.165, 1.54) is 11.8 Å². The molecule has 2 heterocycles. The summed E-state index contributed by atoms with van der Waals surface area (Å²) in [5, 5.41) is 11.9. The molecule has 0 unspecified atom stereocenters. The minimum Gasteiger partial charge on any atom is -0.319 e. The van der Waals surface area contributed by atoms with Gasteiger partial charge in [0.2, 0.25) is 5.91 Å². The Balaban J connectivity index is 1.75. The first-order valence-electron chi connectivity index (χ1n) is 9.66. The van der Waals surface area contributed by atoms with Crippen LogP contribution in [0.15, 0.2) is 40.3 Å². The Morgan fingerprint density at radius 1 is 1.17 bits per heavy atom. The topological polar surface area (TPSA) is 86.7 Å². The summed E-state index contributed by atoms with van der Waals surface area (Å²) in [7, 11) is 1.80. The van der Waals surface area contributed by atoms with Crippen LogP contribution in [0.1, 0.15) is 31.8 Å². The first kappa shape index (κ1) is 20.9. The Hall–Kier alpha value is -2.81. The molecule has 3 aromatic rings. The number of nitrogens with zero attached hydrogens (tertiary/aromatic N) is 5. The van der Waals surface area contributed by atoms with E-state index in [1.54, 1.807) is 16.4 Å². The van der Waals surface area contributed by atoms with Crippen molar-refractivity contribution in [3.63, 3.8) is 0 Å². The maximum absolute atomic E-state index is 12.9. The van der Waals surface area contributed by atoms with Gasteiger partial charge in [0, 0.05) is 20.0 Å². The molecule has 0 saturated carbocycles. The van der Waals surface area contributed by atoms with Crippen LogP contribution in [-0.2, 0) is 24.8 Å². The molecule has 3 rings (SSSR count). The van der Waals surface area contributed by atoms with E-state index in [0.717, 1.165) is 36.1 Å². The van der Waals surface area contributed by atoms with Gasteiger partial charge in [-0.05, 0) is 25.5 Å². The zero-order valence-corrected chi connectivity index (χ0v) is 18.0. The minimum absolute atomic E-state index is 0.157. The highest BCUT2D eigenvalue weighted by Gasteiger charge is 2.19. The lowest BCUT2D eigenvalue weighted by Crippen LogP contribution is -2.23. The Morgan fingerprint density at radius 3 is 2.55 bits per heavy atom. The fourth-order valence-corrected chi connectivity index (χ4v) is 3.94. The number of aryl methyl sites for hydroxylation is 1. The molecule has 0 saturated heterocycles. The van der Waals surface area contributed by atoms with Crippen LogP contribution in [-0.4, -0.2) is 35.8 Å². The summed E-state index contributed by atoms with van der Waals surface area (Å²) in [6.45, 7) is 6.76. The van der Waals surface area contributed by atoms with Crippen LogP contribution in [0.5, 0.6) is 0 Å². The Kier molecular flexibility index (Phi) is 6.58. The molecule has 29 heavy (non-hydrogen) atoms. The summed E-state index contributed by atoms with van der Waals surface area (Å²) in [6, 6.07) is 9.35. The molecule has 0 fully saturated rings. The number of aromatic nitrogens is 5. The number of carbonyl (C=O) groups is 1. The fourth-order valence-electron chi connectivity index (χ4n) is 3.15. The first-order chi connectivity index (χ1) is 14.0. The third kappa shape index (κ3) is 4.29. The molecule has 8 nitrogen and oxygen atoms in total. The average molecular weight is 415 g/mol. The zero-order valence-electron chi connectivity index (χ0n) is 17.2. The van der Waals surface area contributed by atoms with E-state index in [-0.39, 0.29) is 17.2 Å². The quantitative estimate of drug-likeness (QED) is 0.573. The summed E-state index contributed by atoms with van der Waals surface area (Å²) in [4.78, 5) is 25.4. The van der Waals surface area contributed by atoms with Gasteiger partial charge >= 0.3 is 0 Å². The van der Waals surface area contributed by atoms with Crippen LogP contribution < -0.4 is 10.9 Å². The third-order valence-corrected chi connectivity index (χ3v) is 5.67. The molecule has 0 spiro atoms. The molecule has 0 aliphatic heterocycles. The van der Waals surface area contributed by atoms with Gasteiger partial charge in [0.15, 0.2) is 5.16 Å². The smallest absolute Gasteiger partial charge is 0.295 e. The number of amides is 1. The molecule has 1 aromatic carbocycles. The predicted octanol–water partition coefficient (Wildman–Crippen LogP) is 2.78. The average Bonchev–Trinajstić information content (AvgIpc) is 3.21. The van der Waals surface area contributed by atoms with E-state index in [2.05, 4.69) is 22.4 Å². The van der Waals surface area contributed by atoms with Crippen molar-refractivity contribution in [2.75, 3.05) is 11.1 Å². The molecular weight excluding hydrogens is 388 g/mol. The lowest BCUT2D eigenvalue weighted by molar-refractivity contribution is -0.113. The van der Waals surface area contributed by atoms with Gasteiger partial charge in [0.1, 0.15) is 11.5 Å². The number of thioether (sulfide) groups is 1. The highest BCUT2D eigenvalue weighted by atomic mass is 32.2. The van der Waals surface area contributed by atoms with Crippen molar-refractivity contribution >= 4 is 23.4 Å². The monoisotopic (exact) mass is 414 g/mol. The molecule has 0 radical (unpaired) electrons. The van der Waals surface area contributed by atoms with E-state index >= 15 is 0 Å². The van der Waals surface area contributed by atoms with Gasteiger partial charge in [-0.1, -0.05) is 43.8 Å². The van der Waals surface area contributed by atoms with Crippen LogP contribution in [0, 0.1) is 6.92 Å². The highest BCUT2D eigenvalue weighted by molar-refractivity contribution is 7.99. The normalized spacial score (nSPS) is 11.0. The molecule has 154 valence electrons. The lowest BCUT2D eigenvalue weighted by atomic mass is 10.3. The molecule has 0 atom stereocenters. The largest absolute Gasteiger partial charge is 0.319 e. The second-order valence-electron chi connectivity index (χ2n) is 6.68. The second kappa shape index (κ2) is 9.13. The molecule has 1 N–H and O–H groups in total. The van der Waals surface area contributed by atoms with Crippen LogP contribution in [0.3, 0.4) is 0 Å². The molecule has 2 aromatic heterocycles. The summed E-state index contributed by atoms with van der Waals surface area (Å²) in [6.07, 6.45) is 1.76. The van der Waals surface area contributed by atoms with Crippen molar-refractivity contribution in [1.29, 1.82) is 0 Å². The molecule has 0 bridgehead atoms.